The van der Waals surface area contributed by atoms with Gasteiger partial charge in [0.25, 0.3) is 0 Å². The monoisotopic (exact) mass is 365 g/mol. The Morgan fingerprint density at radius 2 is 2.04 bits per heavy atom. The van der Waals surface area contributed by atoms with Crippen LogP contribution < -0.4 is 15.5 Å². The molecule has 134 valence electrons. The molecule has 0 saturated carbocycles. The first-order valence-corrected chi connectivity index (χ1v) is 8.21. The standard InChI is InChI=1S/C17H21ClFN5O/c1-11-9-15(24(2)3)23-17(22-11)21-8-7-20-16(25)10-12-13(18)5-4-6-14(12)19/h4-6,9H,7-8,10H2,1-3H3,(H,20,25)(H,21,22,23). The number of nitrogens with zero attached hydrogens (tertiary/aromatic N) is 3. The summed E-state index contributed by atoms with van der Waals surface area (Å²) in [6.45, 7) is 2.70. The summed E-state index contributed by atoms with van der Waals surface area (Å²) in [6.07, 6.45) is -0.1000. The Kier molecular flexibility index (Phi) is 6.52. The van der Waals surface area contributed by atoms with E-state index in [1.54, 1.807) is 6.07 Å². The fraction of sp³-hybridized carbons (Fsp3) is 0.353. The average Bonchev–Trinajstić information content (AvgIpc) is 2.54. The van der Waals surface area contributed by atoms with E-state index in [9.17, 15) is 9.18 Å². The second-order valence-corrected chi connectivity index (χ2v) is 6.15. The van der Waals surface area contributed by atoms with Gasteiger partial charge in [-0.25, -0.2) is 9.37 Å². The summed E-state index contributed by atoms with van der Waals surface area (Å²) in [4.78, 5) is 22.5. The molecule has 2 aromatic rings. The molecule has 0 bridgehead atoms. The van der Waals surface area contributed by atoms with Crippen LogP contribution in [0.25, 0.3) is 0 Å². The summed E-state index contributed by atoms with van der Waals surface area (Å²) < 4.78 is 13.7. The molecule has 2 N–H and O–H groups in total. The van der Waals surface area contributed by atoms with Gasteiger partial charge < -0.3 is 15.5 Å². The quantitative estimate of drug-likeness (QED) is 0.737. The number of benzene rings is 1. The number of anilines is 2. The highest BCUT2D eigenvalue weighted by atomic mass is 35.5. The molecule has 25 heavy (non-hydrogen) atoms. The molecule has 1 aromatic heterocycles. The molecule has 6 nitrogen and oxygen atoms in total. The van der Waals surface area contributed by atoms with Crippen LogP contribution >= 0.6 is 11.6 Å². The maximum absolute atomic E-state index is 13.7. The summed E-state index contributed by atoms with van der Waals surface area (Å²) in [5.74, 6) is 0.515. The van der Waals surface area contributed by atoms with Crippen molar-refractivity contribution >= 4 is 29.3 Å². The molecular formula is C17H21ClFN5O. The third kappa shape index (κ3) is 5.56. The van der Waals surface area contributed by atoms with Gasteiger partial charge in [-0.05, 0) is 19.1 Å². The van der Waals surface area contributed by atoms with Crippen molar-refractivity contribution in [1.82, 2.24) is 15.3 Å². The van der Waals surface area contributed by atoms with Gasteiger partial charge in [0.15, 0.2) is 0 Å². The minimum Gasteiger partial charge on any atom is -0.363 e. The number of halogens is 2. The summed E-state index contributed by atoms with van der Waals surface area (Å²) in [5.41, 5.74) is 1.05. The lowest BCUT2D eigenvalue weighted by Crippen LogP contribution is -2.30. The highest BCUT2D eigenvalue weighted by Crippen LogP contribution is 2.19. The molecule has 0 radical (unpaired) electrons. The third-order valence-corrected chi connectivity index (χ3v) is 3.78. The number of carbonyl (C=O) groups is 1. The van der Waals surface area contributed by atoms with Crippen molar-refractivity contribution in [3.05, 3.63) is 46.4 Å². The summed E-state index contributed by atoms with van der Waals surface area (Å²) in [6, 6.07) is 6.23. The Balaban J connectivity index is 1.82. The zero-order chi connectivity index (χ0) is 18.4. The largest absolute Gasteiger partial charge is 0.363 e. The van der Waals surface area contributed by atoms with Gasteiger partial charge in [-0.1, -0.05) is 17.7 Å². The van der Waals surface area contributed by atoms with Crippen LogP contribution in [-0.4, -0.2) is 43.1 Å². The normalized spacial score (nSPS) is 10.4. The Labute approximate surface area is 151 Å². The number of nitrogens with one attached hydrogen (secondary N) is 2. The van der Waals surface area contributed by atoms with Crippen LogP contribution in [0.1, 0.15) is 11.3 Å². The lowest BCUT2D eigenvalue weighted by Gasteiger charge is -2.14. The molecule has 1 aromatic carbocycles. The van der Waals surface area contributed by atoms with E-state index in [4.69, 9.17) is 11.6 Å². The van der Waals surface area contributed by atoms with E-state index in [0.29, 0.717) is 19.0 Å². The molecule has 0 atom stereocenters. The van der Waals surface area contributed by atoms with Gasteiger partial charge in [-0.2, -0.15) is 4.98 Å². The van der Waals surface area contributed by atoms with Crippen LogP contribution in [0.4, 0.5) is 16.2 Å². The van der Waals surface area contributed by atoms with Crippen molar-refractivity contribution in [3.8, 4) is 0 Å². The van der Waals surface area contributed by atoms with Crippen molar-refractivity contribution in [2.45, 2.75) is 13.3 Å². The Bertz CT molecular complexity index is 734. The van der Waals surface area contributed by atoms with Gasteiger partial charge >= 0.3 is 0 Å². The maximum Gasteiger partial charge on any atom is 0.224 e. The predicted molar refractivity (Wildman–Crippen MR) is 97.7 cm³/mol. The van der Waals surface area contributed by atoms with Gasteiger partial charge in [0.05, 0.1) is 6.42 Å². The van der Waals surface area contributed by atoms with E-state index in [-0.39, 0.29) is 22.9 Å². The summed E-state index contributed by atoms with van der Waals surface area (Å²) >= 11 is 5.92. The topological polar surface area (TPSA) is 70.2 Å². The van der Waals surface area contributed by atoms with E-state index in [0.717, 1.165) is 11.5 Å². The van der Waals surface area contributed by atoms with Crippen LogP contribution in [0.2, 0.25) is 5.02 Å². The fourth-order valence-electron chi connectivity index (χ4n) is 2.16. The number of rotatable bonds is 7. The molecule has 0 unspecified atom stereocenters. The minimum atomic E-state index is -0.481. The van der Waals surface area contributed by atoms with Crippen molar-refractivity contribution in [1.29, 1.82) is 0 Å². The van der Waals surface area contributed by atoms with E-state index >= 15 is 0 Å². The van der Waals surface area contributed by atoms with Gasteiger partial charge in [0.2, 0.25) is 11.9 Å². The number of aromatic nitrogens is 2. The van der Waals surface area contributed by atoms with Crippen molar-refractivity contribution in [2.24, 2.45) is 0 Å². The fourth-order valence-corrected chi connectivity index (χ4v) is 2.39. The number of aryl methyl sites for hydroxylation is 1. The second-order valence-electron chi connectivity index (χ2n) is 5.74. The number of hydrogen-bond acceptors (Lipinski definition) is 5. The highest BCUT2D eigenvalue weighted by Gasteiger charge is 2.11. The molecule has 1 heterocycles. The molecule has 1 amide bonds. The highest BCUT2D eigenvalue weighted by molar-refractivity contribution is 6.31. The van der Waals surface area contributed by atoms with E-state index < -0.39 is 5.82 Å². The zero-order valence-electron chi connectivity index (χ0n) is 14.4. The number of amides is 1. The Hall–Kier alpha value is -2.41. The Morgan fingerprint density at radius 1 is 1.28 bits per heavy atom. The van der Waals surface area contributed by atoms with Crippen LogP contribution in [0.15, 0.2) is 24.3 Å². The van der Waals surface area contributed by atoms with Gasteiger partial charge in [-0.3, -0.25) is 4.79 Å². The molecule has 0 aliphatic heterocycles. The first kappa shape index (κ1) is 18.9. The van der Waals surface area contributed by atoms with E-state index in [1.165, 1.54) is 12.1 Å². The molecule has 8 heteroatoms. The SMILES string of the molecule is Cc1cc(N(C)C)nc(NCCNC(=O)Cc2c(F)cccc2Cl)n1. The third-order valence-electron chi connectivity index (χ3n) is 3.43. The van der Waals surface area contributed by atoms with E-state index in [2.05, 4.69) is 20.6 Å². The predicted octanol–water partition coefficient (Wildman–Crippen LogP) is 2.41. The van der Waals surface area contributed by atoms with Crippen molar-refractivity contribution < 1.29 is 9.18 Å². The van der Waals surface area contributed by atoms with Crippen molar-refractivity contribution in [2.75, 3.05) is 37.4 Å². The smallest absolute Gasteiger partial charge is 0.224 e. The molecular weight excluding hydrogens is 345 g/mol. The number of carbonyl (C=O) groups excluding carboxylic acids is 1. The zero-order valence-corrected chi connectivity index (χ0v) is 15.2. The molecule has 0 saturated heterocycles. The molecule has 0 fully saturated rings. The Morgan fingerprint density at radius 3 is 2.72 bits per heavy atom. The van der Waals surface area contributed by atoms with Gasteiger partial charge in [-0.15, -0.1) is 0 Å². The van der Waals surface area contributed by atoms with Crippen LogP contribution in [0.3, 0.4) is 0 Å². The van der Waals surface area contributed by atoms with Crippen LogP contribution in [0.5, 0.6) is 0 Å². The van der Waals surface area contributed by atoms with Gasteiger partial charge in [0.1, 0.15) is 11.6 Å². The number of hydrogen-bond donors (Lipinski definition) is 2. The summed E-state index contributed by atoms with van der Waals surface area (Å²) in [5, 5.41) is 6.02. The second kappa shape index (κ2) is 8.62. The first-order chi connectivity index (χ1) is 11.9. The van der Waals surface area contributed by atoms with Crippen LogP contribution in [-0.2, 0) is 11.2 Å². The molecule has 0 aliphatic rings. The van der Waals surface area contributed by atoms with Gasteiger partial charge in [0, 0.05) is 49.5 Å². The molecule has 0 spiro atoms. The van der Waals surface area contributed by atoms with Crippen molar-refractivity contribution in [3.63, 3.8) is 0 Å². The average molecular weight is 366 g/mol. The van der Waals surface area contributed by atoms with Crippen LogP contribution in [0, 0.1) is 12.7 Å². The lowest BCUT2D eigenvalue weighted by atomic mass is 10.1. The molecule has 0 aliphatic carbocycles. The minimum absolute atomic E-state index is 0.1000. The summed E-state index contributed by atoms with van der Waals surface area (Å²) in [7, 11) is 3.80. The first-order valence-electron chi connectivity index (χ1n) is 7.83. The molecule has 2 rings (SSSR count). The lowest BCUT2D eigenvalue weighted by molar-refractivity contribution is -0.120. The maximum atomic E-state index is 13.7. The van der Waals surface area contributed by atoms with E-state index in [1.807, 2.05) is 32.0 Å².